The van der Waals surface area contributed by atoms with Crippen LogP contribution in [0.3, 0.4) is 0 Å². The molecule has 2 heterocycles. The fraction of sp³-hybridized carbons (Fsp3) is 1.00. The van der Waals surface area contributed by atoms with E-state index in [0.29, 0.717) is 18.2 Å². The maximum Gasteiger partial charge on any atom is 0.0623 e. The number of hydrogen-bond acceptors (Lipinski definition) is 3. The lowest BCUT2D eigenvalue weighted by molar-refractivity contribution is 0.00839. The van der Waals surface area contributed by atoms with Crippen molar-refractivity contribution in [2.75, 3.05) is 13.7 Å². The number of hydrogen-bond donors (Lipinski definition) is 1. The van der Waals surface area contributed by atoms with Crippen molar-refractivity contribution in [2.45, 2.75) is 83.1 Å². The summed E-state index contributed by atoms with van der Waals surface area (Å²) in [4.78, 5) is 0. The summed E-state index contributed by atoms with van der Waals surface area (Å²) in [7, 11) is 1.81. The van der Waals surface area contributed by atoms with Gasteiger partial charge in [-0.1, -0.05) is 6.92 Å². The molecule has 0 amide bonds. The summed E-state index contributed by atoms with van der Waals surface area (Å²) in [5.41, 5.74) is -0.00930. The highest BCUT2D eigenvalue weighted by Crippen LogP contribution is 2.41. The molecule has 4 atom stereocenters. The average molecular weight is 269 g/mol. The molecule has 19 heavy (non-hydrogen) atoms. The molecule has 112 valence electrons. The lowest BCUT2D eigenvalue weighted by Crippen LogP contribution is -2.42. The van der Waals surface area contributed by atoms with Crippen molar-refractivity contribution in [1.29, 1.82) is 0 Å². The van der Waals surface area contributed by atoms with Gasteiger partial charge in [-0.25, -0.2) is 0 Å². The Hall–Kier alpha value is -0.120. The fourth-order valence-electron chi connectivity index (χ4n) is 3.50. The Kier molecular flexibility index (Phi) is 5.27. The second-order valence-corrected chi connectivity index (χ2v) is 6.84. The highest BCUT2D eigenvalue weighted by atomic mass is 16.5. The molecule has 0 saturated carbocycles. The molecule has 2 bridgehead atoms. The Labute approximate surface area is 118 Å². The van der Waals surface area contributed by atoms with Crippen molar-refractivity contribution >= 4 is 0 Å². The Morgan fingerprint density at radius 1 is 1.37 bits per heavy atom. The van der Waals surface area contributed by atoms with Gasteiger partial charge in [-0.15, -0.1) is 0 Å². The maximum absolute atomic E-state index is 6.03. The van der Waals surface area contributed by atoms with Crippen molar-refractivity contribution in [3.05, 3.63) is 0 Å². The van der Waals surface area contributed by atoms with Gasteiger partial charge in [0.25, 0.3) is 0 Å². The third-order valence-corrected chi connectivity index (χ3v) is 4.94. The van der Waals surface area contributed by atoms with E-state index in [1.807, 2.05) is 7.11 Å². The van der Waals surface area contributed by atoms with Gasteiger partial charge in [-0.3, -0.25) is 0 Å². The van der Waals surface area contributed by atoms with Gasteiger partial charge < -0.3 is 14.8 Å². The molecule has 0 aromatic heterocycles. The zero-order valence-corrected chi connectivity index (χ0v) is 13.1. The van der Waals surface area contributed by atoms with Gasteiger partial charge >= 0.3 is 0 Å². The van der Waals surface area contributed by atoms with E-state index >= 15 is 0 Å². The van der Waals surface area contributed by atoms with Crippen molar-refractivity contribution < 1.29 is 9.47 Å². The second-order valence-electron chi connectivity index (χ2n) is 6.84. The van der Waals surface area contributed by atoms with Gasteiger partial charge in [-0.2, -0.15) is 0 Å². The molecule has 2 aliphatic rings. The predicted octanol–water partition coefficient (Wildman–Crippen LogP) is 3.13. The van der Waals surface area contributed by atoms with E-state index in [1.54, 1.807) is 0 Å². The summed E-state index contributed by atoms with van der Waals surface area (Å²) in [6, 6.07) is 0.602. The molecule has 4 unspecified atom stereocenters. The van der Waals surface area contributed by atoms with Crippen molar-refractivity contribution in [3.8, 4) is 0 Å². The van der Waals surface area contributed by atoms with E-state index in [4.69, 9.17) is 9.47 Å². The van der Waals surface area contributed by atoms with Crippen molar-refractivity contribution in [2.24, 2.45) is 5.92 Å². The molecule has 0 aromatic rings. The number of ether oxygens (including phenoxy) is 2. The van der Waals surface area contributed by atoms with Crippen LogP contribution in [0, 0.1) is 5.92 Å². The van der Waals surface area contributed by atoms with Crippen molar-refractivity contribution in [3.63, 3.8) is 0 Å². The van der Waals surface area contributed by atoms with Crippen LogP contribution in [0.2, 0.25) is 0 Å². The highest BCUT2D eigenvalue weighted by molar-refractivity contribution is 4.95. The average Bonchev–Trinajstić information content (AvgIpc) is 3.01. The van der Waals surface area contributed by atoms with Crippen LogP contribution in [0.15, 0.2) is 0 Å². The molecule has 3 heteroatoms. The Balaban J connectivity index is 1.88. The molecule has 0 spiro atoms. The molecule has 0 aliphatic carbocycles. The molecule has 0 radical (unpaired) electrons. The minimum Gasteiger partial charge on any atom is -0.379 e. The van der Waals surface area contributed by atoms with Crippen LogP contribution in [-0.4, -0.2) is 37.5 Å². The largest absolute Gasteiger partial charge is 0.379 e. The Morgan fingerprint density at radius 3 is 2.68 bits per heavy atom. The summed E-state index contributed by atoms with van der Waals surface area (Å²) in [6.07, 6.45) is 8.39. The second kappa shape index (κ2) is 6.55. The van der Waals surface area contributed by atoms with Gasteiger partial charge in [0.2, 0.25) is 0 Å². The van der Waals surface area contributed by atoms with E-state index in [2.05, 4.69) is 26.1 Å². The van der Waals surface area contributed by atoms with Crippen LogP contribution in [0.1, 0.15) is 59.3 Å². The van der Waals surface area contributed by atoms with E-state index in [9.17, 15) is 0 Å². The fourth-order valence-corrected chi connectivity index (χ4v) is 3.50. The molecular weight excluding hydrogens is 238 g/mol. The van der Waals surface area contributed by atoms with Gasteiger partial charge in [0.15, 0.2) is 0 Å². The molecule has 2 aliphatic heterocycles. The van der Waals surface area contributed by atoms with E-state index in [0.717, 1.165) is 18.9 Å². The smallest absolute Gasteiger partial charge is 0.0623 e. The molecule has 2 fully saturated rings. The first-order chi connectivity index (χ1) is 9.05. The maximum atomic E-state index is 6.03. The summed E-state index contributed by atoms with van der Waals surface area (Å²) in [5.74, 6) is 0.720. The first-order valence-corrected chi connectivity index (χ1v) is 7.99. The predicted molar refractivity (Wildman–Crippen MR) is 78.4 cm³/mol. The van der Waals surface area contributed by atoms with E-state index < -0.39 is 0 Å². The summed E-state index contributed by atoms with van der Waals surface area (Å²) in [6.45, 7) is 7.72. The molecule has 0 aromatic carbocycles. The molecule has 3 nitrogen and oxygen atoms in total. The van der Waals surface area contributed by atoms with Gasteiger partial charge in [-0.05, 0) is 58.9 Å². The first-order valence-electron chi connectivity index (χ1n) is 7.99. The van der Waals surface area contributed by atoms with Crippen LogP contribution in [0.4, 0.5) is 0 Å². The third-order valence-electron chi connectivity index (χ3n) is 4.94. The Morgan fingerprint density at radius 2 is 2.16 bits per heavy atom. The third kappa shape index (κ3) is 3.93. The van der Waals surface area contributed by atoms with E-state index in [-0.39, 0.29) is 5.60 Å². The molecule has 1 N–H and O–H groups in total. The lowest BCUT2D eigenvalue weighted by Gasteiger charge is -2.32. The highest BCUT2D eigenvalue weighted by Gasteiger charge is 2.44. The van der Waals surface area contributed by atoms with Gasteiger partial charge in [0, 0.05) is 19.1 Å². The first kappa shape index (κ1) is 15.3. The molecule has 2 rings (SSSR count). The summed E-state index contributed by atoms with van der Waals surface area (Å²) in [5, 5.41) is 3.76. The standard InChI is InChI=1S/C16H31NO2/c1-5-10-17-14(8-9-16(2,3)18-4)13-11-12-6-7-15(13)19-12/h12-15,17H,5-11H2,1-4H3. The molecule has 2 saturated heterocycles. The SMILES string of the molecule is CCCNC(CCC(C)(C)OC)C1CC2CCC1O2. The minimum atomic E-state index is -0.00930. The Bertz CT molecular complexity index is 280. The number of nitrogens with one attached hydrogen (secondary N) is 1. The summed E-state index contributed by atoms with van der Waals surface area (Å²) >= 11 is 0. The van der Waals surface area contributed by atoms with Gasteiger partial charge in [0.05, 0.1) is 17.8 Å². The molecular formula is C16H31NO2. The van der Waals surface area contributed by atoms with Crippen LogP contribution >= 0.6 is 0 Å². The minimum absolute atomic E-state index is 0.00930. The van der Waals surface area contributed by atoms with Crippen LogP contribution in [0.5, 0.6) is 0 Å². The van der Waals surface area contributed by atoms with Gasteiger partial charge in [0.1, 0.15) is 0 Å². The summed E-state index contributed by atoms with van der Waals surface area (Å²) < 4.78 is 11.6. The number of rotatable bonds is 8. The van der Waals surface area contributed by atoms with Crippen LogP contribution in [0.25, 0.3) is 0 Å². The lowest BCUT2D eigenvalue weighted by atomic mass is 9.81. The zero-order chi connectivity index (χ0) is 13.9. The van der Waals surface area contributed by atoms with E-state index in [1.165, 1.54) is 32.1 Å². The zero-order valence-electron chi connectivity index (χ0n) is 13.1. The van der Waals surface area contributed by atoms with Crippen LogP contribution < -0.4 is 5.32 Å². The number of methoxy groups -OCH3 is 1. The normalized spacial score (nSPS) is 31.9. The topological polar surface area (TPSA) is 30.5 Å². The quantitative estimate of drug-likeness (QED) is 0.734. The van der Waals surface area contributed by atoms with Crippen molar-refractivity contribution in [1.82, 2.24) is 5.32 Å². The number of fused-ring (bicyclic) bond motifs is 2. The monoisotopic (exact) mass is 269 g/mol. The van der Waals surface area contributed by atoms with Crippen LogP contribution in [-0.2, 0) is 9.47 Å².